The Morgan fingerprint density at radius 1 is 0.865 bits per heavy atom. The smallest absolute Gasteiger partial charge is 0.261 e. The molecule has 5 rings (SSSR count). The molecule has 0 saturated carbocycles. The third-order valence-corrected chi connectivity index (χ3v) is 6.36. The van der Waals surface area contributed by atoms with Gasteiger partial charge in [0.05, 0.1) is 23.6 Å². The van der Waals surface area contributed by atoms with Crippen LogP contribution < -0.4 is 4.74 Å². The number of ether oxygens (including phenoxy) is 1. The quantitative estimate of drug-likeness (QED) is 0.229. The molecule has 0 radical (unpaired) electrons. The molecule has 5 heteroatoms. The van der Waals surface area contributed by atoms with E-state index in [1.807, 2.05) is 84.9 Å². The number of para-hydroxylation sites is 1. The highest BCUT2D eigenvalue weighted by Gasteiger charge is 2.49. The van der Waals surface area contributed by atoms with Crippen LogP contribution in [-0.2, 0) is 11.2 Å². The SMILES string of the molecule is N#Cc1cccc(C[C@H]2C(=O)N(C(=O)c3ccc(Oc4ccccc4)cc3)[C@@H]2/C=C/c2ccccc2)c1. The molecule has 2 atom stereocenters. The summed E-state index contributed by atoms with van der Waals surface area (Å²) in [5.74, 6) is 0.349. The molecular weight excluding hydrogens is 460 g/mol. The maximum absolute atomic E-state index is 13.4. The summed E-state index contributed by atoms with van der Waals surface area (Å²) < 4.78 is 5.82. The summed E-state index contributed by atoms with van der Waals surface area (Å²) in [5, 5.41) is 9.23. The molecule has 4 aromatic carbocycles. The lowest BCUT2D eigenvalue weighted by Gasteiger charge is -2.44. The van der Waals surface area contributed by atoms with Gasteiger partial charge < -0.3 is 4.74 Å². The van der Waals surface area contributed by atoms with Crippen LogP contribution in [0.2, 0.25) is 0 Å². The van der Waals surface area contributed by atoms with Crippen LogP contribution in [0.15, 0.2) is 115 Å². The number of imide groups is 1. The van der Waals surface area contributed by atoms with Gasteiger partial charge in [-0.3, -0.25) is 14.5 Å². The Hall–Kier alpha value is -4.95. The van der Waals surface area contributed by atoms with E-state index in [0.29, 0.717) is 29.0 Å². The van der Waals surface area contributed by atoms with E-state index in [-0.39, 0.29) is 11.8 Å². The van der Waals surface area contributed by atoms with Gasteiger partial charge in [-0.2, -0.15) is 5.26 Å². The van der Waals surface area contributed by atoms with Crippen molar-refractivity contribution in [2.45, 2.75) is 12.5 Å². The van der Waals surface area contributed by atoms with Crippen LogP contribution in [0.5, 0.6) is 11.5 Å². The lowest BCUT2D eigenvalue weighted by atomic mass is 9.81. The fourth-order valence-electron chi connectivity index (χ4n) is 4.46. The molecule has 1 saturated heterocycles. The Balaban J connectivity index is 1.37. The summed E-state index contributed by atoms with van der Waals surface area (Å²) in [7, 11) is 0. The zero-order chi connectivity index (χ0) is 25.6. The number of nitriles is 1. The molecule has 5 nitrogen and oxygen atoms in total. The zero-order valence-corrected chi connectivity index (χ0v) is 20.0. The summed E-state index contributed by atoms with van der Waals surface area (Å²) in [5.41, 5.74) is 2.84. The van der Waals surface area contributed by atoms with Gasteiger partial charge in [0.15, 0.2) is 0 Å². The van der Waals surface area contributed by atoms with Crippen molar-refractivity contribution in [3.8, 4) is 17.6 Å². The van der Waals surface area contributed by atoms with Gasteiger partial charge in [0, 0.05) is 5.56 Å². The minimum atomic E-state index is -0.397. The number of carbonyl (C=O) groups is 2. The van der Waals surface area contributed by atoms with E-state index in [1.165, 1.54) is 4.90 Å². The Bertz CT molecular complexity index is 1470. The van der Waals surface area contributed by atoms with Gasteiger partial charge >= 0.3 is 0 Å². The van der Waals surface area contributed by atoms with Gasteiger partial charge in [0.25, 0.3) is 5.91 Å². The second-order valence-electron chi connectivity index (χ2n) is 8.84. The van der Waals surface area contributed by atoms with Crippen LogP contribution in [0.4, 0.5) is 0 Å². The van der Waals surface area contributed by atoms with Crippen molar-refractivity contribution in [1.29, 1.82) is 5.26 Å². The summed E-state index contributed by atoms with van der Waals surface area (Å²) in [6.45, 7) is 0. The Morgan fingerprint density at radius 2 is 1.54 bits per heavy atom. The molecule has 1 fully saturated rings. The van der Waals surface area contributed by atoms with E-state index in [2.05, 4.69) is 6.07 Å². The second-order valence-corrected chi connectivity index (χ2v) is 8.84. The zero-order valence-electron chi connectivity index (χ0n) is 20.0. The molecule has 0 unspecified atom stereocenters. The molecular formula is C32H24N2O3. The van der Waals surface area contributed by atoms with E-state index in [1.54, 1.807) is 36.4 Å². The summed E-state index contributed by atoms with van der Waals surface area (Å²) in [6, 6.07) is 35.0. The maximum atomic E-state index is 13.4. The van der Waals surface area contributed by atoms with Crippen LogP contribution >= 0.6 is 0 Å². The van der Waals surface area contributed by atoms with E-state index in [0.717, 1.165) is 11.1 Å². The van der Waals surface area contributed by atoms with Gasteiger partial charge in [-0.15, -0.1) is 0 Å². The predicted molar refractivity (Wildman–Crippen MR) is 142 cm³/mol. The number of likely N-dealkylation sites (tertiary alicyclic amines) is 1. The largest absolute Gasteiger partial charge is 0.457 e. The minimum absolute atomic E-state index is 0.223. The van der Waals surface area contributed by atoms with E-state index in [9.17, 15) is 14.9 Å². The summed E-state index contributed by atoms with van der Waals surface area (Å²) in [6.07, 6.45) is 4.30. The molecule has 1 heterocycles. The van der Waals surface area contributed by atoms with Crippen LogP contribution in [0.25, 0.3) is 6.08 Å². The number of nitrogens with zero attached hydrogens (tertiary/aromatic N) is 2. The Labute approximate surface area is 215 Å². The first-order chi connectivity index (χ1) is 18.1. The minimum Gasteiger partial charge on any atom is -0.457 e. The standard InChI is InChI=1S/C32H24N2O3/c33-22-25-11-7-10-24(20-25)21-29-30(19-14-23-8-3-1-4-9-23)34(32(29)36)31(35)26-15-17-28(18-16-26)37-27-12-5-2-6-13-27/h1-20,29-30H,21H2/b19-14+/t29-,30-/m1/s1. The van der Waals surface area contributed by atoms with Crippen molar-refractivity contribution in [3.63, 3.8) is 0 Å². The molecule has 1 aliphatic heterocycles. The lowest BCUT2D eigenvalue weighted by molar-refractivity contribution is -0.147. The predicted octanol–water partition coefficient (Wildman–Crippen LogP) is 6.27. The van der Waals surface area contributed by atoms with Crippen molar-refractivity contribution in [2.24, 2.45) is 5.92 Å². The molecule has 0 N–H and O–H groups in total. The summed E-state index contributed by atoms with van der Waals surface area (Å²) >= 11 is 0. The average molecular weight is 485 g/mol. The maximum Gasteiger partial charge on any atom is 0.261 e. The van der Waals surface area contributed by atoms with Gasteiger partial charge in [-0.1, -0.05) is 72.8 Å². The number of benzene rings is 4. The topological polar surface area (TPSA) is 70.4 Å². The van der Waals surface area contributed by atoms with Gasteiger partial charge in [-0.05, 0) is 66.1 Å². The fraction of sp³-hybridized carbons (Fsp3) is 0.0938. The molecule has 0 aromatic heterocycles. The molecule has 1 aliphatic rings. The first kappa shape index (κ1) is 23.8. The number of rotatable bonds is 7. The van der Waals surface area contributed by atoms with Gasteiger partial charge in [0.1, 0.15) is 11.5 Å². The normalized spacial score (nSPS) is 16.7. The highest BCUT2D eigenvalue weighted by molar-refractivity contribution is 6.09. The summed E-state index contributed by atoms with van der Waals surface area (Å²) in [4.78, 5) is 28.0. The molecule has 0 bridgehead atoms. The molecule has 2 amide bonds. The first-order valence-corrected chi connectivity index (χ1v) is 12.0. The fourth-order valence-corrected chi connectivity index (χ4v) is 4.46. The first-order valence-electron chi connectivity index (χ1n) is 12.0. The monoisotopic (exact) mass is 484 g/mol. The highest BCUT2D eigenvalue weighted by atomic mass is 16.5. The number of β-lactam (4-membered cyclic amide) rings is 1. The molecule has 0 aliphatic carbocycles. The third kappa shape index (κ3) is 5.34. The van der Waals surface area contributed by atoms with Crippen LogP contribution in [-0.4, -0.2) is 22.8 Å². The number of hydrogen-bond donors (Lipinski definition) is 0. The van der Waals surface area contributed by atoms with Gasteiger partial charge in [0.2, 0.25) is 5.91 Å². The van der Waals surface area contributed by atoms with Crippen LogP contribution in [0.1, 0.15) is 27.0 Å². The van der Waals surface area contributed by atoms with E-state index in [4.69, 9.17) is 4.74 Å². The molecule has 4 aromatic rings. The van der Waals surface area contributed by atoms with Crippen molar-refractivity contribution in [1.82, 2.24) is 4.90 Å². The van der Waals surface area contributed by atoms with Crippen molar-refractivity contribution >= 4 is 17.9 Å². The Morgan fingerprint density at radius 3 is 2.24 bits per heavy atom. The number of hydrogen-bond acceptors (Lipinski definition) is 4. The second kappa shape index (κ2) is 10.8. The molecule has 180 valence electrons. The Kier molecular flexibility index (Phi) is 6.91. The highest BCUT2D eigenvalue weighted by Crippen LogP contribution is 2.34. The van der Waals surface area contributed by atoms with Gasteiger partial charge in [-0.25, -0.2) is 0 Å². The van der Waals surface area contributed by atoms with Crippen molar-refractivity contribution in [2.75, 3.05) is 0 Å². The number of amides is 2. The third-order valence-electron chi connectivity index (χ3n) is 6.36. The molecule has 37 heavy (non-hydrogen) atoms. The van der Waals surface area contributed by atoms with Crippen molar-refractivity contribution in [3.05, 3.63) is 138 Å². The van der Waals surface area contributed by atoms with Crippen molar-refractivity contribution < 1.29 is 14.3 Å². The van der Waals surface area contributed by atoms with E-state index >= 15 is 0 Å². The molecule has 0 spiro atoms. The van der Waals surface area contributed by atoms with E-state index < -0.39 is 12.0 Å². The van der Waals surface area contributed by atoms with Crippen LogP contribution in [0.3, 0.4) is 0 Å². The number of carbonyl (C=O) groups excluding carboxylic acids is 2. The van der Waals surface area contributed by atoms with Crippen LogP contribution in [0, 0.1) is 17.2 Å². The average Bonchev–Trinajstić information content (AvgIpc) is 2.95. The lowest BCUT2D eigenvalue weighted by Crippen LogP contribution is -2.62.